The number of carbonyl (C=O) groups is 1. The average molecular weight is 226 g/mol. The van der Waals surface area contributed by atoms with E-state index < -0.39 is 0 Å². The lowest BCUT2D eigenvalue weighted by Crippen LogP contribution is -2.51. The Bertz CT molecular complexity index is 230. The van der Waals surface area contributed by atoms with Gasteiger partial charge in [0.1, 0.15) is 0 Å². The molecule has 16 heavy (non-hydrogen) atoms. The van der Waals surface area contributed by atoms with Crippen LogP contribution in [-0.4, -0.2) is 37.0 Å². The molecule has 3 unspecified atom stereocenters. The third-order valence-corrected chi connectivity index (χ3v) is 3.80. The van der Waals surface area contributed by atoms with Crippen LogP contribution in [-0.2, 0) is 4.79 Å². The van der Waals surface area contributed by atoms with Gasteiger partial charge < -0.3 is 10.2 Å². The summed E-state index contributed by atoms with van der Waals surface area (Å²) in [6.07, 6.45) is 3.90. The molecular formula is C13H26N2O. The van der Waals surface area contributed by atoms with Crippen molar-refractivity contribution in [1.82, 2.24) is 10.2 Å². The van der Waals surface area contributed by atoms with Crippen LogP contribution in [0.3, 0.4) is 0 Å². The molecule has 94 valence electrons. The van der Waals surface area contributed by atoms with E-state index in [0.29, 0.717) is 17.9 Å². The molecule has 3 heteroatoms. The van der Waals surface area contributed by atoms with Crippen molar-refractivity contribution in [3.63, 3.8) is 0 Å². The zero-order chi connectivity index (χ0) is 12.3. The highest BCUT2D eigenvalue weighted by atomic mass is 16.2. The maximum absolute atomic E-state index is 11.8. The van der Waals surface area contributed by atoms with Crippen LogP contribution < -0.4 is 5.32 Å². The van der Waals surface area contributed by atoms with Crippen molar-refractivity contribution < 1.29 is 4.79 Å². The maximum atomic E-state index is 11.8. The molecule has 0 aromatic heterocycles. The van der Waals surface area contributed by atoms with Gasteiger partial charge in [-0.15, -0.1) is 0 Å². The van der Waals surface area contributed by atoms with Crippen LogP contribution in [0.25, 0.3) is 0 Å². The van der Waals surface area contributed by atoms with E-state index in [-0.39, 0.29) is 11.9 Å². The van der Waals surface area contributed by atoms with Crippen molar-refractivity contribution in [1.29, 1.82) is 0 Å². The van der Waals surface area contributed by atoms with Gasteiger partial charge in [0.25, 0.3) is 0 Å². The summed E-state index contributed by atoms with van der Waals surface area (Å²) in [5.74, 6) is 1.53. The third kappa shape index (κ3) is 3.21. The highest BCUT2D eigenvalue weighted by molar-refractivity contribution is 5.80. The van der Waals surface area contributed by atoms with Gasteiger partial charge in [0.05, 0.1) is 6.04 Å². The zero-order valence-electron chi connectivity index (χ0n) is 11.3. The van der Waals surface area contributed by atoms with Crippen molar-refractivity contribution in [3.05, 3.63) is 0 Å². The second kappa shape index (κ2) is 5.67. The van der Waals surface area contributed by atoms with E-state index in [1.54, 1.807) is 4.90 Å². The van der Waals surface area contributed by atoms with Crippen molar-refractivity contribution in [2.24, 2.45) is 11.8 Å². The van der Waals surface area contributed by atoms with Crippen LogP contribution in [0.4, 0.5) is 0 Å². The third-order valence-electron chi connectivity index (χ3n) is 3.80. The molecule has 0 aliphatic heterocycles. The standard InChI is InChI=1S/C13H26N2O/c1-9-7-6-8-10(2)12(9)14-11(3)13(16)15(4)5/h9-12,14H,6-8H2,1-5H3. The van der Waals surface area contributed by atoms with Gasteiger partial charge in [-0.05, 0) is 31.6 Å². The Morgan fingerprint density at radius 2 is 1.75 bits per heavy atom. The fourth-order valence-corrected chi connectivity index (χ4v) is 2.76. The summed E-state index contributed by atoms with van der Waals surface area (Å²) in [5, 5.41) is 3.51. The predicted molar refractivity (Wildman–Crippen MR) is 67.3 cm³/mol. The highest BCUT2D eigenvalue weighted by Crippen LogP contribution is 2.29. The highest BCUT2D eigenvalue weighted by Gasteiger charge is 2.30. The van der Waals surface area contributed by atoms with Crippen molar-refractivity contribution in [3.8, 4) is 0 Å². The minimum absolute atomic E-state index is 0.0667. The van der Waals surface area contributed by atoms with Crippen LogP contribution in [0.15, 0.2) is 0 Å². The molecule has 3 nitrogen and oxygen atoms in total. The zero-order valence-corrected chi connectivity index (χ0v) is 11.3. The van der Waals surface area contributed by atoms with E-state index in [4.69, 9.17) is 0 Å². The lowest BCUT2D eigenvalue weighted by Gasteiger charge is -2.37. The molecule has 1 aliphatic carbocycles. The molecule has 0 aromatic rings. The van der Waals surface area contributed by atoms with Crippen LogP contribution in [0, 0.1) is 11.8 Å². The summed E-state index contributed by atoms with van der Waals surface area (Å²) in [5.41, 5.74) is 0. The van der Waals surface area contributed by atoms with Crippen molar-refractivity contribution >= 4 is 5.91 Å². The number of hydrogen-bond donors (Lipinski definition) is 1. The van der Waals surface area contributed by atoms with Gasteiger partial charge in [-0.1, -0.05) is 20.3 Å². The molecule has 1 aliphatic rings. The van der Waals surface area contributed by atoms with E-state index in [0.717, 1.165) is 0 Å². The second-order valence-electron chi connectivity index (χ2n) is 5.53. The fourth-order valence-electron chi connectivity index (χ4n) is 2.76. The summed E-state index contributed by atoms with van der Waals surface area (Å²) in [4.78, 5) is 13.5. The molecule has 0 saturated heterocycles. The Morgan fingerprint density at radius 3 is 2.19 bits per heavy atom. The number of hydrogen-bond acceptors (Lipinski definition) is 2. The molecule has 1 N–H and O–H groups in total. The van der Waals surface area contributed by atoms with Gasteiger partial charge >= 0.3 is 0 Å². The van der Waals surface area contributed by atoms with E-state index in [1.807, 2.05) is 21.0 Å². The van der Waals surface area contributed by atoms with Crippen LogP contribution in [0.1, 0.15) is 40.0 Å². The average Bonchev–Trinajstić information content (AvgIpc) is 2.22. The molecule has 0 spiro atoms. The maximum Gasteiger partial charge on any atom is 0.238 e. The van der Waals surface area contributed by atoms with Gasteiger partial charge in [-0.2, -0.15) is 0 Å². The van der Waals surface area contributed by atoms with E-state index in [1.165, 1.54) is 19.3 Å². The first-order chi connectivity index (χ1) is 7.43. The lowest BCUT2D eigenvalue weighted by atomic mass is 9.78. The van der Waals surface area contributed by atoms with Crippen molar-refractivity contribution in [2.45, 2.75) is 52.1 Å². The number of nitrogens with zero attached hydrogens (tertiary/aromatic N) is 1. The molecule has 1 amide bonds. The van der Waals surface area contributed by atoms with E-state index >= 15 is 0 Å². The Balaban J connectivity index is 2.54. The molecule has 1 saturated carbocycles. The number of carbonyl (C=O) groups excluding carboxylic acids is 1. The molecule has 3 atom stereocenters. The van der Waals surface area contributed by atoms with Gasteiger partial charge in [0.2, 0.25) is 5.91 Å². The normalized spacial score (nSPS) is 32.2. The summed E-state index contributed by atoms with van der Waals surface area (Å²) in [6, 6.07) is 0.427. The number of nitrogens with one attached hydrogen (secondary N) is 1. The SMILES string of the molecule is CC(NC1C(C)CCCC1C)C(=O)N(C)C. The molecule has 1 rings (SSSR count). The summed E-state index contributed by atoms with van der Waals surface area (Å²) in [7, 11) is 3.63. The monoisotopic (exact) mass is 226 g/mol. The molecular weight excluding hydrogens is 200 g/mol. The Morgan fingerprint density at radius 1 is 1.25 bits per heavy atom. The predicted octanol–water partition coefficient (Wildman–Crippen LogP) is 1.88. The van der Waals surface area contributed by atoms with Gasteiger partial charge in [0, 0.05) is 20.1 Å². The van der Waals surface area contributed by atoms with E-state index in [9.17, 15) is 4.79 Å². The summed E-state index contributed by atoms with van der Waals surface area (Å²) >= 11 is 0. The molecule has 0 heterocycles. The molecule has 0 aromatic carbocycles. The lowest BCUT2D eigenvalue weighted by molar-refractivity contribution is -0.130. The van der Waals surface area contributed by atoms with Gasteiger partial charge in [-0.25, -0.2) is 0 Å². The number of amides is 1. The van der Waals surface area contributed by atoms with E-state index in [2.05, 4.69) is 19.2 Å². The van der Waals surface area contributed by atoms with Crippen LogP contribution in [0.2, 0.25) is 0 Å². The molecule has 1 fully saturated rings. The smallest absolute Gasteiger partial charge is 0.238 e. The van der Waals surface area contributed by atoms with Gasteiger partial charge in [0.15, 0.2) is 0 Å². The Labute approximate surface area is 99.6 Å². The first-order valence-electron chi connectivity index (χ1n) is 6.40. The molecule has 0 bridgehead atoms. The summed E-state index contributed by atoms with van der Waals surface area (Å²) < 4.78 is 0. The fraction of sp³-hybridized carbons (Fsp3) is 0.923. The topological polar surface area (TPSA) is 32.3 Å². The first kappa shape index (κ1) is 13.5. The largest absolute Gasteiger partial charge is 0.347 e. The number of rotatable bonds is 3. The number of likely N-dealkylation sites (N-methyl/N-ethyl adjacent to an activating group) is 1. The minimum Gasteiger partial charge on any atom is -0.347 e. The Hall–Kier alpha value is -0.570. The first-order valence-corrected chi connectivity index (χ1v) is 6.40. The Kier molecular flexibility index (Phi) is 4.78. The molecule has 0 radical (unpaired) electrons. The quantitative estimate of drug-likeness (QED) is 0.797. The van der Waals surface area contributed by atoms with Gasteiger partial charge in [-0.3, -0.25) is 4.79 Å². The van der Waals surface area contributed by atoms with Crippen LogP contribution in [0.5, 0.6) is 0 Å². The summed E-state index contributed by atoms with van der Waals surface area (Å²) in [6.45, 7) is 6.55. The van der Waals surface area contributed by atoms with Crippen molar-refractivity contribution in [2.75, 3.05) is 14.1 Å². The van der Waals surface area contributed by atoms with Crippen LogP contribution >= 0.6 is 0 Å². The second-order valence-corrected chi connectivity index (χ2v) is 5.53. The minimum atomic E-state index is -0.0667.